The summed E-state index contributed by atoms with van der Waals surface area (Å²) in [5, 5.41) is 9.22. The minimum atomic E-state index is -0.970. The molecular formula is C28H34N6O4. The van der Waals surface area contributed by atoms with E-state index in [-0.39, 0.29) is 12.0 Å². The van der Waals surface area contributed by atoms with Gasteiger partial charge in [0.25, 0.3) is 5.91 Å². The molecule has 10 heteroatoms. The SMILES string of the molecule is CN(CCC(OCc1cccc(N2CCN(C)c3nc(N(C)C)ncc3C2=O)c1)c1ccccc1)C(=O)O. The van der Waals surface area contributed by atoms with Gasteiger partial charge in [0.15, 0.2) is 0 Å². The highest BCUT2D eigenvalue weighted by atomic mass is 16.5. The van der Waals surface area contributed by atoms with Crippen LogP contribution in [0.1, 0.15) is 34.0 Å². The second-order valence-electron chi connectivity index (χ2n) is 9.55. The van der Waals surface area contributed by atoms with Crippen molar-refractivity contribution in [2.75, 3.05) is 62.5 Å². The number of nitrogens with zero attached hydrogens (tertiary/aromatic N) is 6. The number of hydrogen-bond acceptors (Lipinski definition) is 7. The Labute approximate surface area is 223 Å². The monoisotopic (exact) mass is 518 g/mol. The van der Waals surface area contributed by atoms with Crippen LogP contribution in [0.4, 0.5) is 22.2 Å². The molecule has 0 spiro atoms. The number of benzene rings is 2. The third-order valence-corrected chi connectivity index (χ3v) is 6.55. The fraction of sp³-hybridized carbons (Fsp3) is 0.357. The summed E-state index contributed by atoms with van der Waals surface area (Å²) in [6.45, 7) is 1.79. The third-order valence-electron chi connectivity index (χ3n) is 6.55. The molecule has 3 aromatic rings. The van der Waals surface area contributed by atoms with Crippen LogP contribution < -0.4 is 14.7 Å². The summed E-state index contributed by atoms with van der Waals surface area (Å²) >= 11 is 0. The van der Waals surface area contributed by atoms with Gasteiger partial charge in [-0.3, -0.25) is 4.79 Å². The minimum absolute atomic E-state index is 0.147. The van der Waals surface area contributed by atoms with Gasteiger partial charge in [-0.05, 0) is 29.7 Å². The second-order valence-corrected chi connectivity index (χ2v) is 9.55. The van der Waals surface area contributed by atoms with Gasteiger partial charge in [0.1, 0.15) is 11.4 Å². The first kappa shape index (κ1) is 26.9. The average Bonchev–Trinajstić information content (AvgIpc) is 3.04. The first-order valence-corrected chi connectivity index (χ1v) is 12.5. The molecule has 2 amide bonds. The van der Waals surface area contributed by atoms with Gasteiger partial charge in [0, 0.05) is 59.7 Å². The molecule has 1 aliphatic rings. The van der Waals surface area contributed by atoms with Crippen LogP contribution in [0, 0.1) is 0 Å². The van der Waals surface area contributed by atoms with Gasteiger partial charge < -0.3 is 29.4 Å². The molecule has 1 aliphatic heterocycles. The van der Waals surface area contributed by atoms with Crippen molar-refractivity contribution in [3.63, 3.8) is 0 Å². The largest absolute Gasteiger partial charge is 0.465 e. The Morgan fingerprint density at radius 2 is 1.87 bits per heavy atom. The highest BCUT2D eigenvalue weighted by Crippen LogP contribution is 2.28. The molecule has 1 aromatic heterocycles. The Balaban J connectivity index is 1.52. The molecule has 1 unspecified atom stereocenters. The first-order chi connectivity index (χ1) is 18.2. The number of anilines is 3. The molecule has 0 aliphatic carbocycles. The predicted molar refractivity (Wildman–Crippen MR) is 147 cm³/mol. The Morgan fingerprint density at radius 1 is 1.11 bits per heavy atom. The lowest BCUT2D eigenvalue weighted by atomic mass is 10.1. The van der Waals surface area contributed by atoms with Crippen molar-refractivity contribution in [2.24, 2.45) is 0 Å². The Kier molecular flexibility index (Phi) is 8.42. The number of likely N-dealkylation sites (N-methyl/N-ethyl adjacent to an activating group) is 1. The van der Waals surface area contributed by atoms with E-state index in [2.05, 4.69) is 9.97 Å². The summed E-state index contributed by atoms with van der Waals surface area (Å²) in [5.74, 6) is 1.03. The van der Waals surface area contributed by atoms with E-state index >= 15 is 0 Å². The summed E-state index contributed by atoms with van der Waals surface area (Å²) in [7, 11) is 7.21. The Hall–Kier alpha value is -4.18. The van der Waals surface area contributed by atoms with Crippen LogP contribution in [0.15, 0.2) is 60.8 Å². The smallest absolute Gasteiger partial charge is 0.407 e. The van der Waals surface area contributed by atoms with Crippen molar-refractivity contribution in [1.29, 1.82) is 0 Å². The first-order valence-electron chi connectivity index (χ1n) is 12.5. The maximum Gasteiger partial charge on any atom is 0.407 e. The molecule has 38 heavy (non-hydrogen) atoms. The molecule has 1 atom stereocenters. The van der Waals surface area contributed by atoms with E-state index in [9.17, 15) is 14.7 Å². The maximum absolute atomic E-state index is 13.6. The number of hydrogen-bond donors (Lipinski definition) is 1. The van der Waals surface area contributed by atoms with E-state index < -0.39 is 6.09 Å². The van der Waals surface area contributed by atoms with Gasteiger partial charge in [0.2, 0.25) is 5.95 Å². The lowest BCUT2D eigenvalue weighted by Gasteiger charge is -2.23. The quantitative estimate of drug-likeness (QED) is 0.455. The predicted octanol–water partition coefficient (Wildman–Crippen LogP) is 3.90. The normalized spacial score (nSPS) is 14.1. The zero-order valence-electron chi connectivity index (χ0n) is 22.2. The molecule has 0 saturated heterocycles. The molecule has 1 N–H and O–H groups in total. The number of fused-ring (bicyclic) bond motifs is 1. The van der Waals surface area contributed by atoms with Crippen LogP contribution in [-0.2, 0) is 11.3 Å². The molecule has 0 bridgehead atoms. The number of ether oxygens (including phenoxy) is 1. The average molecular weight is 519 g/mol. The highest BCUT2D eigenvalue weighted by Gasteiger charge is 2.28. The summed E-state index contributed by atoms with van der Waals surface area (Å²) < 4.78 is 6.29. The number of rotatable bonds is 9. The summed E-state index contributed by atoms with van der Waals surface area (Å²) in [6.07, 6.45) is 0.877. The van der Waals surface area contributed by atoms with Crippen LogP contribution in [0.5, 0.6) is 0 Å². The van der Waals surface area contributed by atoms with Gasteiger partial charge in [-0.2, -0.15) is 4.98 Å². The van der Waals surface area contributed by atoms with Gasteiger partial charge in [-0.15, -0.1) is 0 Å². The Bertz CT molecular complexity index is 1270. The molecule has 10 nitrogen and oxygen atoms in total. The van der Waals surface area contributed by atoms with Crippen molar-refractivity contribution in [3.8, 4) is 0 Å². The molecule has 2 heterocycles. The topological polar surface area (TPSA) is 102 Å². The molecule has 4 rings (SSSR count). The van der Waals surface area contributed by atoms with Crippen molar-refractivity contribution in [3.05, 3.63) is 77.5 Å². The van der Waals surface area contributed by atoms with Crippen molar-refractivity contribution in [1.82, 2.24) is 14.9 Å². The minimum Gasteiger partial charge on any atom is -0.465 e. The van der Waals surface area contributed by atoms with E-state index in [1.807, 2.05) is 85.5 Å². The highest BCUT2D eigenvalue weighted by molar-refractivity contribution is 6.09. The fourth-order valence-corrected chi connectivity index (χ4v) is 4.30. The maximum atomic E-state index is 13.6. The van der Waals surface area contributed by atoms with Crippen LogP contribution in [0.3, 0.4) is 0 Å². The van der Waals surface area contributed by atoms with Gasteiger partial charge in [-0.25, -0.2) is 9.78 Å². The lowest BCUT2D eigenvalue weighted by molar-refractivity contribution is 0.0288. The standard InChI is InChI=1S/C28H34N6O4/c1-31(2)27-29-18-23-25(30-27)32(3)15-16-34(26(23)35)22-12-8-9-20(17-22)19-38-24(13-14-33(4)28(36)37)21-10-6-5-7-11-21/h5-12,17-18,24H,13-16,19H2,1-4H3,(H,36,37). The zero-order chi connectivity index (χ0) is 27.2. The van der Waals surface area contributed by atoms with E-state index in [4.69, 9.17) is 4.74 Å². The number of carboxylic acid groups (broad SMARTS) is 1. The van der Waals surface area contributed by atoms with Gasteiger partial charge in [0.05, 0.1) is 12.7 Å². The molecular weight excluding hydrogens is 484 g/mol. The van der Waals surface area contributed by atoms with E-state index in [0.717, 1.165) is 16.8 Å². The van der Waals surface area contributed by atoms with E-state index in [1.165, 1.54) is 4.90 Å². The second kappa shape index (κ2) is 11.9. The molecule has 0 radical (unpaired) electrons. The summed E-state index contributed by atoms with van der Waals surface area (Å²) in [5.41, 5.74) is 3.14. The molecule has 2 aromatic carbocycles. The number of carbonyl (C=O) groups excluding carboxylic acids is 1. The van der Waals surface area contributed by atoms with E-state index in [0.29, 0.717) is 50.0 Å². The summed E-state index contributed by atoms with van der Waals surface area (Å²) in [4.78, 5) is 40.6. The number of carbonyl (C=O) groups is 2. The summed E-state index contributed by atoms with van der Waals surface area (Å²) in [6, 6.07) is 17.5. The third kappa shape index (κ3) is 6.20. The fourth-order valence-electron chi connectivity index (χ4n) is 4.30. The van der Waals surface area contributed by atoms with Crippen LogP contribution >= 0.6 is 0 Å². The van der Waals surface area contributed by atoms with E-state index in [1.54, 1.807) is 18.1 Å². The lowest BCUT2D eigenvalue weighted by Crippen LogP contribution is -2.33. The van der Waals surface area contributed by atoms with Gasteiger partial charge in [-0.1, -0.05) is 42.5 Å². The molecule has 200 valence electrons. The number of aromatic nitrogens is 2. The molecule has 0 fully saturated rings. The van der Waals surface area contributed by atoms with Crippen LogP contribution in [-0.4, -0.2) is 79.8 Å². The van der Waals surface area contributed by atoms with Crippen molar-refractivity contribution in [2.45, 2.75) is 19.1 Å². The van der Waals surface area contributed by atoms with Crippen molar-refractivity contribution >= 4 is 29.5 Å². The Morgan fingerprint density at radius 3 is 2.58 bits per heavy atom. The molecule has 0 saturated carbocycles. The van der Waals surface area contributed by atoms with Crippen LogP contribution in [0.2, 0.25) is 0 Å². The van der Waals surface area contributed by atoms with Gasteiger partial charge >= 0.3 is 6.09 Å². The van der Waals surface area contributed by atoms with Crippen LogP contribution in [0.25, 0.3) is 0 Å². The number of amides is 2. The van der Waals surface area contributed by atoms with Crippen molar-refractivity contribution < 1.29 is 19.4 Å². The zero-order valence-corrected chi connectivity index (χ0v) is 22.2.